The fraction of sp³-hybridized carbons (Fsp3) is 0.643. The van der Waals surface area contributed by atoms with Gasteiger partial charge in [-0.15, -0.1) is 0 Å². The number of anilines is 1. The third kappa shape index (κ3) is 3.09. The topological polar surface area (TPSA) is 37.4 Å². The Morgan fingerprint density at radius 1 is 1.53 bits per heavy atom. The average molecular weight is 326 g/mol. The summed E-state index contributed by atoms with van der Waals surface area (Å²) in [6, 6.07) is 3.14. The molecule has 1 aromatic heterocycles. The average Bonchev–Trinajstić information content (AvgIpc) is 3.24. The summed E-state index contributed by atoms with van der Waals surface area (Å²) in [4.78, 5) is 6.92. The molecule has 1 saturated heterocycles. The highest BCUT2D eigenvalue weighted by Gasteiger charge is 2.28. The van der Waals surface area contributed by atoms with Crippen LogP contribution >= 0.6 is 15.9 Å². The Morgan fingerprint density at radius 3 is 3.16 bits per heavy atom. The van der Waals surface area contributed by atoms with Crippen LogP contribution in [-0.4, -0.2) is 43.4 Å². The van der Waals surface area contributed by atoms with Crippen molar-refractivity contribution in [2.24, 2.45) is 0 Å². The van der Waals surface area contributed by atoms with Gasteiger partial charge in [-0.3, -0.25) is 0 Å². The molecule has 2 fully saturated rings. The summed E-state index contributed by atoms with van der Waals surface area (Å²) >= 11 is 3.67. The van der Waals surface area contributed by atoms with Crippen LogP contribution in [0.4, 0.5) is 5.82 Å². The van der Waals surface area contributed by atoms with E-state index >= 15 is 0 Å². The highest BCUT2D eigenvalue weighted by atomic mass is 79.9. The Labute approximate surface area is 122 Å². The number of aromatic nitrogens is 1. The number of hydrogen-bond donors (Lipinski definition) is 1. The highest BCUT2D eigenvalue weighted by molar-refractivity contribution is 9.10. The fourth-order valence-electron chi connectivity index (χ4n) is 2.42. The van der Waals surface area contributed by atoms with Gasteiger partial charge in [-0.05, 0) is 47.3 Å². The summed E-state index contributed by atoms with van der Waals surface area (Å²) < 4.78 is 6.74. The maximum absolute atomic E-state index is 5.63. The van der Waals surface area contributed by atoms with Crippen molar-refractivity contribution in [2.45, 2.75) is 31.8 Å². The Kier molecular flexibility index (Phi) is 4.05. The van der Waals surface area contributed by atoms with Crippen LogP contribution in [0.25, 0.3) is 0 Å². The standard InChI is InChI=1S/C14H20BrN3O/c1-10-4-5-16-14(13(10)15)18-6-7-19-9-12(18)8-17-11-2-3-11/h4-5,11-12,17H,2-3,6-9H2,1H3. The van der Waals surface area contributed by atoms with Crippen LogP contribution in [0.5, 0.6) is 0 Å². The summed E-state index contributed by atoms with van der Waals surface area (Å²) in [5.74, 6) is 1.05. The van der Waals surface area contributed by atoms with Gasteiger partial charge in [-0.25, -0.2) is 4.98 Å². The number of morpholine rings is 1. The van der Waals surface area contributed by atoms with Crippen molar-refractivity contribution in [1.29, 1.82) is 0 Å². The molecule has 0 amide bonds. The molecule has 3 rings (SSSR count). The second-order valence-electron chi connectivity index (χ2n) is 5.37. The maximum atomic E-state index is 5.63. The van der Waals surface area contributed by atoms with E-state index in [9.17, 15) is 0 Å². The van der Waals surface area contributed by atoms with E-state index in [1.807, 2.05) is 12.3 Å². The molecule has 104 valence electrons. The summed E-state index contributed by atoms with van der Waals surface area (Å²) in [7, 11) is 0. The lowest BCUT2D eigenvalue weighted by molar-refractivity contribution is 0.0931. The minimum Gasteiger partial charge on any atom is -0.377 e. The number of nitrogens with zero attached hydrogens (tertiary/aromatic N) is 2. The van der Waals surface area contributed by atoms with E-state index in [-0.39, 0.29) is 0 Å². The van der Waals surface area contributed by atoms with Crippen LogP contribution in [0.1, 0.15) is 18.4 Å². The molecule has 0 bridgehead atoms. The number of rotatable bonds is 4. The zero-order valence-corrected chi connectivity index (χ0v) is 12.8. The van der Waals surface area contributed by atoms with Gasteiger partial charge in [0.05, 0.1) is 23.7 Å². The molecule has 19 heavy (non-hydrogen) atoms. The van der Waals surface area contributed by atoms with Gasteiger partial charge in [0.2, 0.25) is 0 Å². The van der Waals surface area contributed by atoms with Crippen molar-refractivity contribution < 1.29 is 4.74 Å². The van der Waals surface area contributed by atoms with Gasteiger partial charge in [-0.1, -0.05) is 0 Å². The minimum absolute atomic E-state index is 0.375. The number of halogens is 1. The van der Waals surface area contributed by atoms with Crippen molar-refractivity contribution in [2.75, 3.05) is 31.2 Å². The first-order chi connectivity index (χ1) is 9.25. The van der Waals surface area contributed by atoms with Crippen LogP contribution < -0.4 is 10.2 Å². The number of hydrogen-bond acceptors (Lipinski definition) is 4. The molecule has 1 atom stereocenters. The Bertz CT molecular complexity index is 450. The van der Waals surface area contributed by atoms with E-state index in [1.165, 1.54) is 18.4 Å². The molecule has 2 heterocycles. The molecule has 0 aromatic carbocycles. The smallest absolute Gasteiger partial charge is 0.143 e. The van der Waals surface area contributed by atoms with Crippen molar-refractivity contribution in [3.05, 3.63) is 22.3 Å². The normalized spacial score (nSPS) is 23.7. The van der Waals surface area contributed by atoms with Crippen molar-refractivity contribution in [3.8, 4) is 0 Å². The lowest BCUT2D eigenvalue weighted by Gasteiger charge is -2.37. The monoisotopic (exact) mass is 325 g/mol. The number of aryl methyl sites for hydroxylation is 1. The first kappa shape index (κ1) is 13.3. The van der Waals surface area contributed by atoms with E-state index < -0.39 is 0 Å². The quantitative estimate of drug-likeness (QED) is 0.920. The van der Waals surface area contributed by atoms with Crippen molar-refractivity contribution >= 4 is 21.7 Å². The predicted molar refractivity (Wildman–Crippen MR) is 79.7 cm³/mol. The SMILES string of the molecule is Cc1ccnc(N2CCOCC2CNC2CC2)c1Br. The Hall–Kier alpha value is -0.650. The molecular formula is C14H20BrN3O. The van der Waals surface area contributed by atoms with Crippen LogP contribution in [-0.2, 0) is 4.74 Å². The van der Waals surface area contributed by atoms with Gasteiger partial charge in [0, 0.05) is 25.3 Å². The van der Waals surface area contributed by atoms with Crippen molar-refractivity contribution in [3.63, 3.8) is 0 Å². The number of pyridine rings is 1. The third-order valence-electron chi connectivity index (χ3n) is 3.78. The Morgan fingerprint density at radius 2 is 2.37 bits per heavy atom. The van der Waals surface area contributed by atoms with Crippen LogP contribution in [0.2, 0.25) is 0 Å². The van der Waals surface area contributed by atoms with Gasteiger partial charge >= 0.3 is 0 Å². The van der Waals surface area contributed by atoms with Crippen LogP contribution in [0, 0.1) is 6.92 Å². The molecule has 1 aliphatic heterocycles. The summed E-state index contributed by atoms with van der Waals surface area (Å²) in [5, 5.41) is 3.60. The van der Waals surface area contributed by atoms with E-state index in [0.717, 1.165) is 42.6 Å². The first-order valence-corrected chi connectivity index (χ1v) is 7.74. The van der Waals surface area contributed by atoms with E-state index in [0.29, 0.717) is 6.04 Å². The molecule has 1 aromatic rings. The molecule has 0 radical (unpaired) electrons. The van der Waals surface area contributed by atoms with Gasteiger partial charge in [-0.2, -0.15) is 0 Å². The third-order valence-corrected chi connectivity index (χ3v) is 4.76. The minimum atomic E-state index is 0.375. The lowest BCUT2D eigenvalue weighted by atomic mass is 10.2. The predicted octanol–water partition coefficient (Wildman–Crippen LogP) is 2.11. The summed E-state index contributed by atoms with van der Waals surface area (Å²) in [5.41, 5.74) is 1.23. The molecule has 0 spiro atoms. The Balaban J connectivity index is 1.76. The second-order valence-corrected chi connectivity index (χ2v) is 6.16. The molecule has 2 aliphatic rings. The largest absolute Gasteiger partial charge is 0.377 e. The summed E-state index contributed by atoms with van der Waals surface area (Å²) in [6.07, 6.45) is 4.52. The van der Waals surface area contributed by atoms with E-state index in [2.05, 4.69) is 38.1 Å². The molecular weight excluding hydrogens is 306 g/mol. The molecule has 1 unspecified atom stereocenters. The molecule has 1 N–H and O–H groups in total. The van der Waals surface area contributed by atoms with Crippen LogP contribution in [0.3, 0.4) is 0 Å². The van der Waals surface area contributed by atoms with Gasteiger partial charge in [0.25, 0.3) is 0 Å². The molecule has 5 heteroatoms. The van der Waals surface area contributed by atoms with Gasteiger partial charge in [0.15, 0.2) is 0 Å². The maximum Gasteiger partial charge on any atom is 0.143 e. The van der Waals surface area contributed by atoms with E-state index in [1.54, 1.807) is 0 Å². The van der Waals surface area contributed by atoms with E-state index in [4.69, 9.17) is 4.74 Å². The zero-order chi connectivity index (χ0) is 13.2. The first-order valence-electron chi connectivity index (χ1n) is 6.94. The molecule has 1 saturated carbocycles. The zero-order valence-electron chi connectivity index (χ0n) is 11.2. The molecule has 4 nitrogen and oxygen atoms in total. The number of nitrogens with one attached hydrogen (secondary N) is 1. The summed E-state index contributed by atoms with van der Waals surface area (Å²) in [6.45, 7) is 5.55. The number of ether oxygens (including phenoxy) is 1. The molecule has 1 aliphatic carbocycles. The van der Waals surface area contributed by atoms with Crippen LogP contribution in [0.15, 0.2) is 16.7 Å². The highest BCUT2D eigenvalue weighted by Crippen LogP contribution is 2.29. The van der Waals surface area contributed by atoms with Gasteiger partial charge < -0.3 is 15.0 Å². The fourth-order valence-corrected chi connectivity index (χ4v) is 2.88. The lowest BCUT2D eigenvalue weighted by Crippen LogP contribution is -2.51. The van der Waals surface area contributed by atoms with Gasteiger partial charge in [0.1, 0.15) is 5.82 Å². The second kappa shape index (κ2) is 5.77. The van der Waals surface area contributed by atoms with Crippen molar-refractivity contribution in [1.82, 2.24) is 10.3 Å².